The molecule has 4 saturated carbocycles. The van der Waals surface area contributed by atoms with Gasteiger partial charge in [-0.2, -0.15) is 0 Å². The molecule has 0 amide bonds. The highest BCUT2D eigenvalue weighted by Crippen LogP contribution is 2.73. The van der Waals surface area contributed by atoms with E-state index < -0.39 is 12.2 Å². The summed E-state index contributed by atoms with van der Waals surface area (Å²) in [5, 5.41) is 34.7. The Labute approximate surface area is 216 Å². The van der Waals surface area contributed by atoms with Gasteiger partial charge < -0.3 is 15.3 Å². The first-order valence-corrected chi connectivity index (χ1v) is 15.2. The third-order valence-electron chi connectivity index (χ3n) is 12.9. The van der Waals surface area contributed by atoms with Crippen molar-refractivity contribution in [2.24, 2.45) is 69.5 Å². The van der Waals surface area contributed by atoms with Gasteiger partial charge in [0.15, 0.2) is 0 Å². The van der Waals surface area contributed by atoms with Crippen molar-refractivity contribution < 1.29 is 15.3 Å². The first-order chi connectivity index (χ1) is 16.2. The Hall–Kier alpha value is -0.120. The van der Waals surface area contributed by atoms with Gasteiger partial charge in [-0.25, -0.2) is 0 Å². The highest BCUT2D eigenvalue weighted by molar-refractivity contribution is 5.18. The SMILES string of the molecule is CC(C)CCCC1CCC(C)C2C(O)C3C(C)[C@]4(C)C(O)C(C(C)O)C(C)C[C@]4(C)C[C@]3(C)CC12. The van der Waals surface area contributed by atoms with Crippen molar-refractivity contribution in [3.8, 4) is 0 Å². The lowest BCUT2D eigenvalue weighted by molar-refractivity contribution is -0.279. The second-order valence-corrected chi connectivity index (χ2v) is 15.5. The molecule has 0 spiro atoms. The molecule has 0 aromatic rings. The summed E-state index contributed by atoms with van der Waals surface area (Å²) in [4.78, 5) is 0. The molecule has 4 aliphatic rings. The minimum absolute atomic E-state index is 0.0157. The number of hydrogen-bond donors (Lipinski definition) is 3. The Morgan fingerprint density at radius 3 is 2.17 bits per heavy atom. The van der Waals surface area contributed by atoms with Crippen LogP contribution < -0.4 is 0 Å². The minimum atomic E-state index is -0.534. The van der Waals surface area contributed by atoms with Crippen LogP contribution in [0.3, 0.4) is 0 Å². The van der Waals surface area contributed by atoms with Crippen molar-refractivity contribution in [2.45, 2.75) is 132 Å². The lowest BCUT2D eigenvalue weighted by atomic mass is 9.34. The first kappa shape index (κ1) is 27.9. The molecule has 0 saturated heterocycles. The number of aliphatic hydroxyl groups is 3. The second kappa shape index (κ2) is 9.57. The van der Waals surface area contributed by atoms with Crippen LogP contribution >= 0.6 is 0 Å². The Morgan fingerprint density at radius 2 is 1.57 bits per heavy atom. The topological polar surface area (TPSA) is 60.7 Å². The van der Waals surface area contributed by atoms with Crippen LogP contribution in [0.25, 0.3) is 0 Å². The maximum absolute atomic E-state index is 12.2. The predicted molar refractivity (Wildman–Crippen MR) is 145 cm³/mol. The standard InChI is InChI=1S/C32H58O3/c1-18(2)11-10-12-23-14-13-19(3)26-24(23)16-30(7)17-31(8)15-20(4)25(22(6)33)29(35)32(31,9)21(5)27(30)28(26)34/h18-29,33-35H,10-17H2,1-9H3/t19?,20?,21?,22?,23?,24?,25?,26?,27?,28?,29?,30-,31+,32+/m0/s1. The molecule has 0 heterocycles. The predicted octanol–water partition coefficient (Wildman–Crippen LogP) is 6.93. The van der Waals surface area contributed by atoms with E-state index in [1.807, 2.05) is 6.92 Å². The van der Waals surface area contributed by atoms with Gasteiger partial charge in [0.25, 0.3) is 0 Å². The van der Waals surface area contributed by atoms with Gasteiger partial charge in [0.05, 0.1) is 18.3 Å². The molecule has 204 valence electrons. The van der Waals surface area contributed by atoms with Crippen LogP contribution in [0, 0.1) is 69.5 Å². The fraction of sp³-hybridized carbons (Fsp3) is 1.00. The van der Waals surface area contributed by atoms with E-state index in [1.165, 1.54) is 38.5 Å². The fourth-order valence-electron chi connectivity index (χ4n) is 11.3. The van der Waals surface area contributed by atoms with Crippen LogP contribution in [0.15, 0.2) is 0 Å². The van der Waals surface area contributed by atoms with Gasteiger partial charge in [-0.05, 0) is 90.8 Å². The summed E-state index contributed by atoms with van der Waals surface area (Å²) in [7, 11) is 0. The second-order valence-electron chi connectivity index (χ2n) is 15.5. The largest absolute Gasteiger partial charge is 0.393 e. The molecule has 0 radical (unpaired) electrons. The third kappa shape index (κ3) is 4.26. The van der Waals surface area contributed by atoms with Gasteiger partial charge in [0.2, 0.25) is 0 Å². The minimum Gasteiger partial charge on any atom is -0.393 e. The highest BCUT2D eigenvalue weighted by Gasteiger charge is 2.70. The summed E-state index contributed by atoms with van der Waals surface area (Å²) in [6, 6.07) is 0. The summed E-state index contributed by atoms with van der Waals surface area (Å²) >= 11 is 0. The average molecular weight is 491 g/mol. The zero-order valence-electron chi connectivity index (χ0n) is 24.4. The van der Waals surface area contributed by atoms with Crippen molar-refractivity contribution in [1.29, 1.82) is 0 Å². The molecule has 4 rings (SSSR count). The molecule has 0 bridgehead atoms. The van der Waals surface area contributed by atoms with Gasteiger partial charge in [-0.1, -0.05) is 81.1 Å². The Kier molecular flexibility index (Phi) is 7.63. The van der Waals surface area contributed by atoms with E-state index in [9.17, 15) is 15.3 Å². The Balaban J connectivity index is 1.68. The van der Waals surface area contributed by atoms with Gasteiger partial charge in [-0.3, -0.25) is 0 Å². The van der Waals surface area contributed by atoms with Crippen LogP contribution in [-0.2, 0) is 0 Å². The number of aliphatic hydroxyl groups excluding tert-OH is 3. The highest BCUT2D eigenvalue weighted by atomic mass is 16.3. The fourth-order valence-corrected chi connectivity index (χ4v) is 11.3. The van der Waals surface area contributed by atoms with Crippen molar-refractivity contribution in [3.63, 3.8) is 0 Å². The summed E-state index contributed by atoms with van der Waals surface area (Å²) in [6.45, 7) is 20.8. The van der Waals surface area contributed by atoms with Crippen LogP contribution in [0.1, 0.15) is 114 Å². The van der Waals surface area contributed by atoms with Gasteiger partial charge in [0.1, 0.15) is 0 Å². The van der Waals surface area contributed by atoms with Crippen molar-refractivity contribution >= 4 is 0 Å². The zero-order chi connectivity index (χ0) is 26.1. The molecular formula is C32H58O3. The molecule has 4 aliphatic carbocycles. The third-order valence-corrected chi connectivity index (χ3v) is 12.9. The van der Waals surface area contributed by atoms with E-state index >= 15 is 0 Å². The molecule has 35 heavy (non-hydrogen) atoms. The van der Waals surface area contributed by atoms with Crippen LogP contribution in [0.4, 0.5) is 0 Å². The molecule has 0 aromatic heterocycles. The lowest BCUT2D eigenvalue weighted by Crippen LogP contribution is -2.70. The monoisotopic (exact) mass is 490 g/mol. The number of fused-ring (bicyclic) bond motifs is 3. The summed E-state index contributed by atoms with van der Waals surface area (Å²) in [5.74, 6) is 3.80. The maximum Gasteiger partial charge on any atom is 0.0656 e. The first-order valence-electron chi connectivity index (χ1n) is 15.2. The smallest absolute Gasteiger partial charge is 0.0656 e. The van der Waals surface area contributed by atoms with E-state index in [4.69, 9.17) is 0 Å². The molecule has 3 N–H and O–H groups in total. The summed E-state index contributed by atoms with van der Waals surface area (Å²) in [5.41, 5.74) is -0.172. The van der Waals surface area contributed by atoms with Crippen molar-refractivity contribution in [2.75, 3.05) is 0 Å². The normalized spacial score (nSPS) is 55.1. The van der Waals surface area contributed by atoms with E-state index in [-0.39, 0.29) is 40.1 Å². The zero-order valence-corrected chi connectivity index (χ0v) is 24.4. The van der Waals surface area contributed by atoms with Crippen LogP contribution in [0.2, 0.25) is 0 Å². The molecule has 0 aromatic carbocycles. The van der Waals surface area contributed by atoms with E-state index in [0.29, 0.717) is 23.7 Å². The van der Waals surface area contributed by atoms with Gasteiger partial charge in [-0.15, -0.1) is 0 Å². The van der Waals surface area contributed by atoms with E-state index in [2.05, 4.69) is 55.4 Å². The lowest BCUT2D eigenvalue weighted by Gasteiger charge is -2.72. The van der Waals surface area contributed by atoms with Crippen LogP contribution in [-0.4, -0.2) is 33.6 Å². The van der Waals surface area contributed by atoms with Crippen molar-refractivity contribution in [1.82, 2.24) is 0 Å². The maximum atomic E-state index is 12.2. The summed E-state index contributed by atoms with van der Waals surface area (Å²) in [6.07, 6.45) is 8.63. The van der Waals surface area contributed by atoms with Crippen molar-refractivity contribution in [3.05, 3.63) is 0 Å². The molecular weight excluding hydrogens is 432 g/mol. The molecule has 11 unspecified atom stereocenters. The van der Waals surface area contributed by atoms with Gasteiger partial charge in [0, 0.05) is 11.3 Å². The van der Waals surface area contributed by atoms with E-state index in [0.717, 1.165) is 24.7 Å². The Morgan fingerprint density at radius 1 is 0.914 bits per heavy atom. The molecule has 0 aliphatic heterocycles. The Bertz CT molecular complexity index is 749. The molecule has 3 heteroatoms. The van der Waals surface area contributed by atoms with Crippen LogP contribution in [0.5, 0.6) is 0 Å². The van der Waals surface area contributed by atoms with E-state index in [1.54, 1.807) is 0 Å². The average Bonchev–Trinajstić information content (AvgIpc) is 2.71. The summed E-state index contributed by atoms with van der Waals surface area (Å²) < 4.78 is 0. The number of rotatable bonds is 5. The quantitative estimate of drug-likeness (QED) is 0.392. The molecule has 14 atom stereocenters. The van der Waals surface area contributed by atoms with Gasteiger partial charge >= 0.3 is 0 Å². The molecule has 3 nitrogen and oxygen atoms in total. The number of hydrogen-bond acceptors (Lipinski definition) is 3. The molecule has 4 fully saturated rings.